The Morgan fingerprint density at radius 1 is 1.53 bits per heavy atom. The Morgan fingerprint density at radius 2 is 2.32 bits per heavy atom. The van der Waals surface area contributed by atoms with Crippen molar-refractivity contribution in [1.29, 1.82) is 0 Å². The Bertz CT molecular complexity index is 398. The molecule has 1 heterocycles. The molecule has 0 bridgehead atoms. The molecule has 0 saturated heterocycles. The molecule has 0 amide bonds. The first kappa shape index (κ1) is 15.2. The molecule has 0 aromatic carbocycles. The maximum absolute atomic E-state index is 10.5. The predicted molar refractivity (Wildman–Crippen MR) is 72.3 cm³/mol. The molecule has 106 valence electrons. The summed E-state index contributed by atoms with van der Waals surface area (Å²) in [5.74, 6) is 0.653. The van der Waals surface area contributed by atoms with Crippen LogP contribution in [-0.2, 0) is 4.79 Å². The SMILES string of the molecule is CCCOc1cncc(NCC(C)CCC(=O)O)n1. The molecule has 6 nitrogen and oxygen atoms in total. The van der Waals surface area contributed by atoms with E-state index in [1.165, 1.54) is 0 Å². The standard InChI is InChI=1S/C13H21N3O3/c1-3-6-19-12-9-14-8-11(16-12)15-7-10(2)4-5-13(17)18/h8-10H,3-7H2,1-2H3,(H,15,16)(H,17,18). The minimum absolute atomic E-state index is 0.189. The van der Waals surface area contributed by atoms with Gasteiger partial charge in [0.15, 0.2) is 0 Å². The van der Waals surface area contributed by atoms with Gasteiger partial charge in [-0.15, -0.1) is 0 Å². The molecule has 1 aromatic rings. The number of nitrogens with one attached hydrogen (secondary N) is 1. The molecule has 2 N–H and O–H groups in total. The van der Waals surface area contributed by atoms with E-state index in [1.54, 1.807) is 12.4 Å². The van der Waals surface area contributed by atoms with Gasteiger partial charge in [-0.2, -0.15) is 4.98 Å². The number of carboxylic acid groups (broad SMARTS) is 1. The summed E-state index contributed by atoms with van der Waals surface area (Å²) in [6, 6.07) is 0. The van der Waals surface area contributed by atoms with E-state index in [2.05, 4.69) is 15.3 Å². The molecule has 0 radical (unpaired) electrons. The minimum atomic E-state index is -0.762. The van der Waals surface area contributed by atoms with Crippen LogP contribution in [0.4, 0.5) is 5.82 Å². The molecule has 1 unspecified atom stereocenters. The minimum Gasteiger partial charge on any atom is -0.481 e. The quantitative estimate of drug-likeness (QED) is 0.713. The van der Waals surface area contributed by atoms with Crippen LogP contribution in [0.1, 0.15) is 33.1 Å². The number of anilines is 1. The molecule has 0 saturated carbocycles. The number of carbonyl (C=O) groups is 1. The molecule has 0 fully saturated rings. The normalized spacial score (nSPS) is 11.9. The van der Waals surface area contributed by atoms with Gasteiger partial charge in [0.05, 0.1) is 19.0 Å². The number of nitrogens with zero attached hydrogens (tertiary/aromatic N) is 2. The van der Waals surface area contributed by atoms with Crippen molar-refractivity contribution in [1.82, 2.24) is 9.97 Å². The fraction of sp³-hybridized carbons (Fsp3) is 0.615. The molecule has 6 heteroatoms. The van der Waals surface area contributed by atoms with Gasteiger partial charge >= 0.3 is 5.97 Å². The lowest BCUT2D eigenvalue weighted by atomic mass is 10.1. The van der Waals surface area contributed by atoms with Gasteiger partial charge in [-0.05, 0) is 18.8 Å². The number of hydrogen-bond acceptors (Lipinski definition) is 5. The lowest BCUT2D eigenvalue weighted by Gasteiger charge is -2.12. The first-order chi connectivity index (χ1) is 9.11. The number of ether oxygens (including phenoxy) is 1. The van der Waals surface area contributed by atoms with E-state index in [0.717, 1.165) is 6.42 Å². The molecule has 1 rings (SSSR count). The van der Waals surface area contributed by atoms with Crippen molar-refractivity contribution in [2.75, 3.05) is 18.5 Å². The number of carboxylic acids is 1. The first-order valence-corrected chi connectivity index (χ1v) is 6.52. The third kappa shape index (κ3) is 6.59. The van der Waals surface area contributed by atoms with Crippen molar-refractivity contribution in [3.63, 3.8) is 0 Å². The highest BCUT2D eigenvalue weighted by Crippen LogP contribution is 2.11. The summed E-state index contributed by atoms with van der Waals surface area (Å²) in [6.45, 7) is 5.31. The maximum atomic E-state index is 10.5. The van der Waals surface area contributed by atoms with Crippen LogP contribution in [0, 0.1) is 5.92 Å². The van der Waals surface area contributed by atoms with Gasteiger partial charge in [0, 0.05) is 13.0 Å². The van der Waals surface area contributed by atoms with Crippen LogP contribution in [0.3, 0.4) is 0 Å². The van der Waals surface area contributed by atoms with Crippen LogP contribution >= 0.6 is 0 Å². The van der Waals surface area contributed by atoms with Crippen molar-refractivity contribution in [2.24, 2.45) is 5.92 Å². The highest BCUT2D eigenvalue weighted by molar-refractivity contribution is 5.66. The Kier molecular flexibility index (Phi) is 6.63. The van der Waals surface area contributed by atoms with Crippen molar-refractivity contribution in [3.05, 3.63) is 12.4 Å². The van der Waals surface area contributed by atoms with E-state index < -0.39 is 5.97 Å². The lowest BCUT2D eigenvalue weighted by molar-refractivity contribution is -0.137. The van der Waals surface area contributed by atoms with E-state index in [4.69, 9.17) is 9.84 Å². The Hall–Kier alpha value is -1.85. The third-order valence-electron chi connectivity index (χ3n) is 2.55. The maximum Gasteiger partial charge on any atom is 0.303 e. The van der Waals surface area contributed by atoms with Gasteiger partial charge in [-0.1, -0.05) is 13.8 Å². The summed E-state index contributed by atoms with van der Waals surface area (Å²) < 4.78 is 5.39. The van der Waals surface area contributed by atoms with Crippen molar-refractivity contribution < 1.29 is 14.6 Å². The number of hydrogen-bond donors (Lipinski definition) is 2. The second kappa shape index (κ2) is 8.29. The summed E-state index contributed by atoms with van der Waals surface area (Å²) in [5, 5.41) is 11.7. The molecular formula is C13H21N3O3. The van der Waals surface area contributed by atoms with E-state index in [1.807, 2.05) is 13.8 Å². The highest BCUT2D eigenvalue weighted by atomic mass is 16.5. The second-order valence-corrected chi connectivity index (χ2v) is 4.51. The fourth-order valence-electron chi connectivity index (χ4n) is 1.46. The Balaban J connectivity index is 2.37. The zero-order chi connectivity index (χ0) is 14.1. The zero-order valence-corrected chi connectivity index (χ0v) is 11.4. The van der Waals surface area contributed by atoms with Crippen LogP contribution < -0.4 is 10.1 Å². The average Bonchev–Trinajstić information content (AvgIpc) is 2.41. The van der Waals surface area contributed by atoms with Gasteiger partial charge in [-0.3, -0.25) is 9.78 Å². The van der Waals surface area contributed by atoms with Crippen molar-refractivity contribution in [2.45, 2.75) is 33.1 Å². The molecule has 0 aliphatic rings. The van der Waals surface area contributed by atoms with E-state index in [9.17, 15) is 4.79 Å². The smallest absolute Gasteiger partial charge is 0.303 e. The summed E-state index contributed by atoms with van der Waals surface area (Å²) >= 11 is 0. The van der Waals surface area contributed by atoms with Crippen LogP contribution in [0.25, 0.3) is 0 Å². The van der Waals surface area contributed by atoms with Gasteiger partial charge < -0.3 is 15.2 Å². The van der Waals surface area contributed by atoms with Crippen molar-refractivity contribution in [3.8, 4) is 5.88 Å². The Morgan fingerprint density at radius 3 is 3.00 bits per heavy atom. The molecule has 1 atom stereocenters. The van der Waals surface area contributed by atoms with E-state index in [0.29, 0.717) is 31.3 Å². The van der Waals surface area contributed by atoms with Gasteiger partial charge in [0.25, 0.3) is 0 Å². The number of aromatic nitrogens is 2. The van der Waals surface area contributed by atoms with E-state index in [-0.39, 0.29) is 12.3 Å². The summed E-state index contributed by atoms with van der Waals surface area (Å²) in [4.78, 5) is 18.8. The summed E-state index contributed by atoms with van der Waals surface area (Å²) in [6.07, 6.45) is 4.96. The molecule has 0 aliphatic carbocycles. The third-order valence-corrected chi connectivity index (χ3v) is 2.55. The number of aliphatic carboxylic acids is 1. The summed E-state index contributed by atoms with van der Waals surface area (Å²) in [5.41, 5.74) is 0. The largest absolute Gasteiger partial charge is 0.481 e. The van der Waals surface area contributed by atoms with Crippen molar-refractivity contribution >= 4 is 11.8 Å². The predicted octanol–water partition coefficient (Wildman–Crippen LogP) is 2.18. The molecule has 19 heavy (non-hydrogen) atoms. The molecule has 0 spiro atoms. The topological polar surface area (TPSA) is 84.3 Å². The monoisotopic (exact) mass is 267 g/mol. The number of rotatable bonds is 9. The van der Waals surface area contributed by atoms with Gasteiger partial charge in [0.2, 0.25) is 5.88 Å². The lowest BCUT2D eigenvalue weighted by Crippen LogP contribution is -2.14. The fourth-order valence-corrected chi connectivity index (χ4v) is 1.46. The average molecular weight is 267 g/mol. The second-order valence-electron chi connectivity index (χ2n) is 4.51. The first-order valence-electron chi connectivity index (χ1n) is 6.52. The molecule has 1 aromatic heterocycles. The highest BCUT2D eigenvalue weighted by Gasteiger charge is 2.06. The van der Waals surface area contributed by atoms with Crippen LogP contribution in [0.2, 0.25) is 0 Å². The van der Waals surface area contributed by atoms with Crippen LogP contribution in [0.5, 0.6) is 5.88 Å². The van der Waals surface area contributed by atoms with Crippen LogP contribution in [0.15, 0.2) is 12.4 Å². The van der Waals surface area contributed by atoms with E-state index >= 15 is 0 Å². The van der Waals surface area contributed by atoms with Gasteiger partial charge in [-0.25, -0.2) is 0 Å². The molecular weight excluding hydrogens is 246 g/mol. The zero-order valence-electron chi connectivity index (χ0n) is 11.4. The summed E-state index contributed by atoms with van der Waals surface area (Å²) in [7, 11) is 0. The molecule has 0 aliphatic heterocycles. The van der Waals surface area contributed by atoms with Crippen LogP contribution in [-0.4, -0.2) is 34.2 Å². The Labute approximate surface area is 113 Å². The van der Waals surface area contributed by atoms with Gasteiger partial charge in [0.1, 0.15) is 5.82 Å².